The number of rotatable bonds is 8. The Balaban J connectivity index is 1.75. The van der Waals surface area contributed by atoms with Crippen LogP contribution in [0, 0.1) is 0 Å². The van der Waals surface area contributed by atoms with Gasteiger partial charge in [0.25, 0.3) is 5.91 Å². The lowest BCUT2D eigenvalue weighted by molar-refractivity contribution is -0.134. The van der Waals surface area contributed by atoms with E-state index in [2.05, 4.69) is 0 Å². The highest BCUT2D eigenvalue weighted by atomic mass is 32.2. The molecule has 1 unspecified atom stereocenters. The third kappa shape index (κ3) is 4.91. The molecule has 0 bridgehead atoms. The molecule has 0 saturated carbocycles. The zero-order valence-corrected chi connectivity index (χ0v) is 17.1. The van der Waals surface area contributed by atoms with E-state index in [-0.39, 0.29) is 19.5 Å². The normalized spacial score (nSPS) is 16.9. The molecule has 1 amide bonds. The maximum atomic E-state index is 13.2. The molecule has 7 heteroatoms. The molecule has 156 valence electrons. The van der Waals surface area contributed by atoms with E-state index in [4.69, 9.17) is 9.94 Å². The van der Waals surface area contributed by atoms with Crippen molar-refractivity contribution in [3.8, 4) is 11.1 Å². The van der Waals surface area contributed by atoms with Crippen molar-refractivity contribution in [2.24, 2.45) is 0 Å². The molecule has 29 heavy (non-hydrogen) atoms. The molecule has 0 aliphatic carbocycles. The number of carbonyl (C=O) groups excluding carboxylic acids is 1. The number of nitrogens with one attached hydrogen (secondary N) is 1. The Morgan fingerprint density at radius 2 is 1.62 bits per heavy atom. The summed E-state index contributed by atoms with van der Waals surface area (Å²) < 4.78 is 29.5. The van der Waals surface area contributed by atoms with Crippen molar-refractivity contribution in [2.75, 3.05) is 19.9 Å². The van der Waals surface area contributed by atoms with Crippen LogP contribution in [-0.2, 0) is 26.8 Å². The predicted molar refractivity (Wildman–Crippen MR) is 110 cm³/mol. The number of amides is 1. The van der Waals surface area contributed by atoms with Gasteiger partial charge < -0.3 is 4.74 Å². The van der Waals surface area contributed by atoms with Crippen LogP contribution in [0.3, 0.4) is 0 Å². The van der Waals surface area contributed by atoms with Gasteiger partial charge in [-0.1, -0.05) is 36.4 Å². The van der Waals surface area contributed by atoms with Crippen LogP contribution < -0.4 is 5.48 Å². The van der Waals surface area contributed by atoms with E-state index in [9.17, 15) is 13.4 Å². The summed E-state index contributed by atoms with van der Waals surface area (Å²) in [6.07, 6.45) is 2.86. The molecule has 0 spiro atoms. The molecule has 1 aliphatic heterocycles. The molecule has 1 saturated heterocycles. The van der Waals surface area contributed by atoms with Crippen LogP contribution in [0.25, 0.3) is 11.1 Å². The Morgan fingerprint density at radius 1 is 1.03 bits per heavy atom. The monoisotopic (exact) mass is 419 g/mol. The lowest BCUT2D eigenvalue weighted by Crippen LogP contribution is -2.52. The standard InChI is InChI=1S/C22H26FNO4S/c23-14-2-1-3-17-4-6-18(7-5-17)19-8-10-20(11-9-19)29(27)22(21(25)24-26)12-15-28-16-13-22/h4-11,26H,1-3,12-16H2,(H,24,25). The second-order valence-electron chi connectivity index (χ2n) is 7.18. The summed E-state index contributed by atoms with van der Waals surface area (Å²) in [4.78, 5) is 12.8. The fourth-order valence-electron chi connectivity index (χ4n) is 3.58. The first-order valence-electron chi connectivity index (χ1n) is 9.80. The van der Waals surface area contributed by atoms with Crippen molar-refractivity contribution in [2.45, 2.75) is 41.7 Å². The molecule has 1 atom stereocenters. The van der Waals surface area contributed by atoms with Crippen LogP contribution >= 0.6 is 0 Å². The molecule has 2 N–H and O–H groups in total. The van der Waals surface area contributed by atoms with Gasteiger partial charge in [0.15, 0.2) is 0 Å². The van der Waals surface area contributed by atoms with Crippen LogP contribution in [0.15, 0.2) is 53.4 Å². The number of aryl methyl sites for hydroxylation is 1. The molecule has 2 aromatic carbocycles. The van der Waals surface area contributed by atoms with Crippen molar-refractivity contribution in [1.82, 2.24) is 5.48 Å². The SMILES string of the molecule is O=C(NO)C1(S(=O)c2ccc(-c3ccc(CCCCF)cc3)cc2)CCOCC1. The fourth-order valence-corrected chi connectivity index (χ4v) is 5.17. The van der Waals surface area contributed by atoms with Crippen molar-refractivity contribution < 1.29 is 23.3 Å². The van der Waals surface area contributed by atoms with Crippen molar-refractivity contribution in [3.63, 3.8) is 0 Å². The van der Waals surface area contributed by atoms with Crippen molar-refractivity contribution in [1.29, 1.82) is 0 Å². The number of alkyl halides is 1. The minimum atomic E-state index is -1.61. The summed E-state index contributed by atoms with van der Waals surface area (Å²) in [5.41, 5.74) is 4.87. The highest BCUT2D eigenvalue weighted by Gasteiger charge is 2.46. The molecule has 1 aliphatic rings. The zero-order chi connectivity index (χ0) is 20.7. The Bertz CT molecular complexity index is 833. The quantitative estimate of drug-likeness (QED) is 0.388. The van der Waals surface area contributed by atoms with Gasteiger partial charge in [0.2, 0.25) is 0 Å². The number of hydroxylamine groups is 1. The average molecular weight is 420 g/mol. The van der Waals surface area contributed by atoms with Crippen LogP contribution in [0.4, 0.5) is 4.39 Å². The molecule has 0 radical (unpaired) electrons. The minimum absolute atomic E-state index is 0.278. The lowest BCUT2D eigenvalue weighted by atomic mass is 9.98. The van der Waals surface area contributed by atoms with Gasteiger partial charge in [-0.15, -0.1) is 0 Å². The van der Waals surface area contributed by atoms with E-state index in [1.165, 1.54) is 5.56 Å². The highest BCUT2D eigenvalue weighted by molar-refractivity contribution is 7.87. The number of unbranched alkanes of at least 4 members (excludes halogenated alkanes) is 1. The van der Waals surface area contributed by atoms with Crippen LogP contribution in [0.2, 0.25) is 0 Å². The maximum Gasteiger partial charge on any atom is 0.262 e. The number of carbonyl (C=O) groups is 1. The number of benzene rings is 2. The Hall–Kier alpha value is -2.09. The Kier molecular flexibility index (Phi) is 7.52. The Morgan fingerprint density at radius 3 is 2.17 bits per heavy atom. The van der Waals surface area contributed by atoms with Gasteiger partial charge >= 0.3 is 0 Å². The van der Waals surface area contributed by atoms with Gasteiger partial charge in [0, 0.05) is 18.1 Å². The summed E-state index contributed by atoms with van der Waals surface area (Å²) >= 11 is 0. The third-order valence-corrected chi connectivity index (χ3v) is 7.38. The first kappa shape index (κ1) is 21.6. The molecule has 1 fully saturated rings. The summed E-state index contributed by atoms with van der Waals surface area (Å²) in [7, 11) is -1.61. The van der Waals surface area contributed by atoms with E-state index in [0.717, 1.165) is 24.0 Å². The van der Waals surface area contributed by atoms with E-state index in [1.54, 1.807) is 17.6 Å². The van der Waals surface area contributed by atoms with E-state index in [1.807, 2.05) is 36.4 Å². The van der Waals surface area contributed by atoms with Gasteiger partial charge in [0.1, 0.15) is 4.75 Å². The largest absolute Gasteiger partial charge is 0.381 e. The minimum Gasteiger partial charge on any atom is -0.381 e. The second-order valence-corrected chi connectivity index (χ2v) is 8.97. The topological polar surface area (TPSA) is 75.6 Å². The first-order valence-corrected chi connectivity index (χ1v) is 11.0. The summed E-state index contributed by atoms with van der Waals surface area (Å²) in [6.45, 7) is 0.379. The molecule has 3 rings (SSSR count). The summed E-state index contributed by atoms with van der Waals surface area (Å²) in [5.74, 6) is -0.633. The van der Waals surface area contributed by atoms with E-state index in [0.29, 0.717) is 24.5 Å². The van der Waals surface area contributed by atoms with Gasteiger partial charge in [-0.05, 0) is 60.9 Å². The predicted octanol–water partition coefficient (Wildman–Crippen LogP) is 3.81. The zero-order valence-electron chi connectivity index (χ0n) is 16.2. The summed E-state index contributed by atoms with van der Waals surface area (Å²) in [5, 5.41) is 9.14. The van der Waals surface area contributed by atoms with E-state index >= 15 is 0 Å². The van der Waals surface area contributed by atoms with Gasteiger partial charge in [-0.3, -0.25) is 18.6 Å². The molecule has 2 aromatic rings. The number of halogens is 1. The third-order valence-electron chi connectivity index (χ3n) is 5.38. The summed E-state index contributed by atoms with van der Waals surface area (Å²) in [6, 6.07) is 15.4. The molecule has 1 heterocycles. The average Bonchev–Trinajstić information content (AvgIpc) is 2.79. The first-order chi connectivity index (χ1) is 14.1. The number of hydrogen-bond donors (Lipinski definition) is 2. The number of ether oxygens (including phenoxy) is 1. The fraction of sp³-hybridized carbons (Fsp3) is 0.409. The molecule has 0 aromatic heterocycles. The maximum absolute atomic E-state index is 13.2. The smallest absolute Gasteiger partial charge is 0.262 e. The molecular formula is C22H26FNO4S. The van der Waals surface area contributed by atoms with Gasteiger partial charge in [-0.25, -0.2) is 5.48 Å². The van der Waals surface area contributed by atoms with Gasteiger partial charge in [-0.2, -0.15) is 0 Å². The highest BCUT2D eigenvalue weighted by Crippen LogP contribution is 2.33. The lowest BCUT2D eigenvalue weighted by Gasteiger charge is -2.33. The van der Waals surface area contributed by atoms with Crippen molar-refractivity contribution >= 4 is 16.7 Å². The molecular weight excluding hydrogens is 393 g/mol. The van der Waals surface area contributed by atoms with Gasteiger partial charge in [0.05, 0.1) is 17.5 Å². The molecule has 5 nitrogen and oxygen atoms in total. The van der Waals surface area contributed by atoms with Crippen molar-refractivity contribution in [3.05, 3.63) is 54.1 Å². The van der Waals surface area contributed by atoms with Crippen LogP contribution in [0.5, 0.6) is 0 Å². The van der Waals surface area contributed by atoms with E-state index < -0.39 is 21.5 Å². The van der Waals surface area contributed by atoms with Crippen LogP contribution in [0.1, 0.15) is 31.2 Å². The van der Waals surface area contributed by atoms with Crippen LogP contribution in [-0.4, -0.2) is 40.0 Å². The Labute approximate surface area is 172 Å². The number of hydrogen-bond acceptors (Lipinski definition) is 4. The second kappa shape index (κ2) is 10.1.